The number of piperazine rings is 1. The van der Waals surface area contributed by atoms with E-state index in [1.807, 2.05) is 48.2 Å². The van der Waals surface area contributed by atoms with E-state index >= 15 is 0 Å². The Hall–Kier alpha value is -3.19. The van der Waals surface area contributed by atoms with Crippen molar-refractivity contribution in [3.63, 3.8) is 0 Å². The molecule has 7 heteroatoms. The third-order valence-corrected chi connectivity index (χ3v) is 5.61. The third-order valence-electron chi connectivity index (χ3n) is 5.61. The summed E-state index contributed by atoms with van der Waals surface area (Å²) in [5, 5.41) is 1.45. The second-order valence-electron chi connectivity index (χ2n) is 7.84. The predicted octanol–water partition coefficient (Wildman–Crippen LogP) is 1.19. The van der Waals surface area contributed by atoms with Gasteiger partial charge in [-0.15, -0.1) is 0 Å². The van der Waals surface area contributed by atoms with Crippen molar-refractivity contribution in [2.45, 2.75) is 19.9 Å². The number of rotatable bonds is 4. The fourth-order valence-electron chi connectivity index (χ4n) is 3.81. The highest BCUT2D eigenvalue weighted by Gasteiger charge is 2.30. The van der Waals surface area contributed by atoms with Crippen LogP contribution in [0.2, 0.25) is 0 Å². The molecule has 2 heterocycles. The minimum Gasteiger partial charge on any atom is -0.328 e. The number of halogens is 1. The molecule has 156 valence electrons. The van der Waals surface area contributed by atoms with E-state index in [-0.39, 0.29) is 24.1 Å². The van der Waals surface area contributed by atoms with Gasteiger partial charge in [0, 0.05) is 12.0 Å². The van der Waals surface area contributed by atoms with Crippen LogP contribution in [-0.2, 0) is 16.1 Å². The van der Waals surface area contributed by atoms with E-state index in [1.165, 1.54) is 22.0 Å². The lowest BCUT2D eigenvalue weighted by Gasteiger charge is -2.35. The fourth-order valence-corrected chi connectivity index (χ4v) is 3.81. The van der Waals surface area contributed by atoms with Gasteiger partial charge in [-0.2, -0.15) is 0 Å². The van der Waals surface area contributed by atoms with Gasteiger partial charge in [0.15, 0.2) is 0 Å². The minimum absolute atomic E-state index is 0.0829. The van der Waals surface area contributed by atoms with Gasteiger partial charge in [-0.05, 0) is 37.3 Å². The Morgan fingerprint density at radius 2 is 1.73 bits per heavy atom. The summed E-state index contributed by atoms with van der Waals surface area (Å²) in [5.41, 5.74) is 6.37. The molecule has 30 heavy (non-hydrogen) atoms. The quantitative estimate of drug-likeness (QED) is 0.798. The summed E-state index contributed by atoms with van der Waals surface area (Å²) in [6.07, 6.45) is 1.87. The summed E-state index contributed by atoms with van der Waals surface area (Å²) >= 11 is 0. The summed E-state index contributed by atoms with van der Waals surface area (Å²) in [4.78, 5) is 28.5. The van der Waals surface area contributed by atoms with Crippen molar-refractivity contribution in [1.29, 1.82) is 0 Å². The average Bonchev–Trinajstić information content (AvgIpc) is 2.76. The fraction of sp³-hybridized carbons (Fsp3) is 0.304. The molecule has 1 fully saturated rings. The maximum atomic E-state index is 13.1. The first kappa shape index (κ1) is 20.1. The summed E-state index contributed by atoms with van der Waals surface area (Å²) in [6.45, 7) is 5.76. The van der Waals surface area contributed by atoms with Crippen LogP contribution in [0.5, 0.6) is 0 Å². The molecule has 2 aliphatic rings. The van der Waals surface area contributed by atoms with Gasteiger partial charge in [0.25, 0.3) is 5.91 Å². The van der Waals surface area contributed by atoms with Gasteiger partial charge in [0.05, 0.1) is 31.9 Å². The van der Waals surface area contributed by atoms with E-state index < -0.39 is 0 Å². The Morgan fingerprint density at radius 3 is 2.40 bits per heavy atom. The normalized spacial score (nSPS) is 17.5. The second-order valence-corrected chi connectivity index (χ2v) is 7.84. The monoisotopic (exact) mass is 409 g/mol. The molecule has 0 aromatic heterocycles. The first-order chi connectivity index (χ1) is 14.5. The maximum absolute atomic E-state index is 13.1. The number of aryl methyl sites for hydroxylation is 1. The molecule has 4 rings (SSSR count). The Labute approximate surface area is 175 Å². The van der Waals surface area contributed by atoms with E-state index in [4.69, 9.17) is 0 Å². The number of amides is 2. The van der Waals surface area contributed by atoms with Gasteiger partial charge in [-0.3, -0.25) is 15.0 Å². The molecule has 0 radical (unpaired) electrons. The van der Waals surface area contributed by atoms with Crippen LogP contribution in [0.4, 0.5) is 10.1 Å². The lowest BCUT2D eigenvalue weighted by molar-refractivity contribution is -0.917. The van der Waals surface area contributed by atoms with Crippen LogP contribution < -0.4 is 15.3 Å². The number of hydrogen-bond acceptors (Lipinski definition) is 3. The van der Waals surface area contributed by atoms with E-state index in [9.17, 15) is 14.0 Å². The number of carbonyl (C=O) groups is 2. The first-order valence-corrected chi connectivity index (χ1v) is 10.2. The Bertz CT molecular complexity index is 948. The van der Waals surface area contributed by atoms with Crippen LogP contribution in [0.25, 0.3) is 0 Å². The van der Waals surface area contributed by atoms with Crippen molar-refractivity contribution in [2.75, 3.05) is 31.2 Å². The van der Waals surface area contributed by atoms with Crippen LogP contribution in [-0.4, -0.2) is 42.9 Å². The van der Waals surface area contributed by atoms with Gasteiger partial charge in [-0.1, -0.05) is 29.8 Å². The smallest absolute Gasteiger partial charge is 0.271 e. The lowest BCUT2D eigenvalue weighted by Crippen LogP contribution is -3.13. The Kier molecular flexibility index (Phi) is 5.81. The molecular weight excluding hydrogens is 383 g/mol. The number of hydrogen-bond donors (Lipinski definition) is 2. The average molecular weight is 409 g/mol. The molecule has 0 bridgehead atoms. The first-order valence-electron chi connectivity index (χ1n) is 10.2. The van der Waals surface area contributed by atoms with Crippen LogP contribution in [0.1, 0.15) is 17.5 Å². The van der Waals surface area contributed by atoms with Gasteiger partial charge in [0.1, 0.15) is 18.1 Å². The number of anilines is 1. The van der Waals surface area contributed by atoms with Crippen molar-refractivity contribution in [3.8, 4) is 0 Å². The molecular formula is C23H26FN4O2+. The van der Waals surface area contributed by atoms with Gasteiger partial charge >= 0.3 is 0 Å². The highest BCUT2D eigenvalue weighted by molar-refractivity contribution is 6.01. The van der Waals surface area contributed by atoms with Gasteiger partial charge in [-0.25, -0.2) is 9.40 Å². The second kappa shape index (κ2) is 8.67. The summed E-state index contributed by atoms with van der Waals surface area (Å²) in [5.74, 6) is -0.403. The van der Waals surface area contributed by atoms with Crippen molar-refractivity contribution < 1.29 is 18.9 Å². The molecule has 2 N–H and O–H groups in total. The van der Waals surface area contributed by atoms with Crippen molar-refractivity contribution >= 4 is 17.5 Å². The van der Waals surface area contributed by atoms with Crippen molar-refractivity contribution in [3.05, 3.63) is 77.2 Å². The topological polar surface area (TPSA) is 57.1 Å². The molecule has 0 saturated carbocycles. The van der Waals surface area contributed by atoms with E-state index in [0.29, 0.717) is 18.8 Å². The zero-order valence-corrected chi connectivity index (χ0v) is 17.0. The summed E-state index contributed by atoms with van der Waals surface area (Å²) in [7, 11) is 0. The predicted molar refractivity (Wildman–Crippen MR) is 112 cm³/mol. The molecule has 0 atom stereocenters. The number of nitrogens with zero attached hydrogens (tertiary/aromatic N) is 2. The molecule has 1 saturated heterocycles. The molecule has 2 amide bonds. The van der Waals surface area contributed by atoms with Crippen molar-refractivity contribution in [1.82, 2.24) is 10.3 Å². The Morgan fingerprint density at radius 1 is 1.07 bits per heavy atom. The maximum Gasteiger partial charge on any atom is 0.271 e. The molecule has 2 aromatic rings. The number of hydrazine groups is 1. The molecule has 2 aromatic carbocycles. The highest BCUT2D eigenvalue weighted by Crippen LogP contribution is 2.19. The largest absolute Gasteiger partial charge is 0.328 e. The number of carbonyl (C=O) groups excluding carboxylic acids is 2. The lowest BCUT2D eigenvalue weighted by atomic mass is 10.1. The van der Waals surface area contributed by atoms with Crippen molar-refractivity contribution in [2.24, 2.45) is 0 Å². The zero-order valence-electron chi connectivity index (χ0n) is 17.0. The summed E-state index contributed by atoms with van der Waals surface area (Å²) in [6, 6.07) is 14.2. The Balaban J connectivity index is 1.35. The molecule has 0 aliphatic carbocycles. The zero-order chi connectivity index (χ0) is 21.1. The van der Waals surface area contributed by atoms with Crippen LogP contribution in [0.15, 0.2) is 60.3 Å². The van der Waals surface area contributed by atoms with E-state index in [0.717, 1.165) is 36.4 Å². The number of nitrogens with one attached hydrogen (secondary N) is 2. The number of quaternary nitrogens is 1. The third kappa shape index (κ3) is 4.52. The van der Waals surface area contributed by atoms with E-state index in [2.05, 4.69) is 5.43 Å². The molecule has 2 aliphatic heterocycles. The van der Waals surface area contributed by atoms with Crippen LogP contribution >= 0.6 is 0 Å². The molecule has 6 nitrogen and oxygen atoms in total. The summed E-state index contributed by atoms with van der Waals surface area (Å²) < 4.78 is 13.1. The van der Waals surface area contributed by atoms with Crippen LogP contribution in [0.3, 0.4) is 0 Å². The molecule has 0 unspecified atom stereocenters. The van der Waals surface area contributed by atoms with Gasteiger partial charge < -0.3 is 9.80 Å². The highest BCUT2D eigenvalue weighted by atomic mass is 19.1. The van der Waals surface area contributed by atoms with Gasteiger partial charge in [0.2, 0.25) is 5.91 Å². The number of benzene rings is 2. The standard InChI is InChI=1S/C23H25FN4O2/c1-17-2-8-20(9-3-17)28-22(29)11-10-21(25-28)23(30)27-14-12-26(13-15-27)16-18-4-6-19(24)7-5-18/h2-10,25H,11-16H2,1H3/p+1. The molecule has 0 spiro atoms. The van der Waals surface area contributed by atoms with Crippen LogP contribution in [0, 0.1) is 12.7 Å². The minimum atomic E-state index is -0.226. The van der Waals surface area contributed by atoms with E-state index in [1.54, 1.807) is 6.08 Å². The SMILES string of the molecule is Cc1ccc(N2NC(C(=O)N3CC[NH+](Cc4ccc(F)cc4)CC3)=CCC2=O)cc1.